The maximum Gasteiger partial charge on any atom is 0.264 e. The van der Waals surface area contributed by atoms with Gasteiger partial charge >= 0.3 is 0 Å². The SMILES string of the molecule is CCNC(=O)[C@@H](C)N(Cc1ccccc1Cl)C(=O)CN(c1ccc(OCC)cc1)S(=O)(=O)c1ccc(OC)c(OC)c1. The van der Waals surface area contributed by atoms with Crippen molar-refractivity contribution in [1.29, 1.82) is 0 Å². The van der Waals surface area contributed by atoms with E-state index in [1.54, 1.807) is 62.4 Å². The number of anilines is 1. The summed E-state index contributed by atoms with van der Waals surface area (Å²) in [5.74, 6) is 0.115. The quantitative estimate of drug-likeness (QED) is 0.283. The summed E-state index contributed by atoms with van der Waals surface area (Å²) in [6.45, 7) is 5.38. The third-order valence-corrected chi connectivity index (χ3v) is 8.61. The van der Waals surface area contributed by atoms with E-state index in [1.165, 1.54) is 37.3 Å². The highest BCUT2D eigenvalue weighted by Crippen LogP contribution is 2.33. The van der Waals surface area contributed by atoms with Crippen LogP contribution in [0.3, 0.4) is 0 Å². The van der Waals surface area contributed by atoms with Crippen molar-refractivity contribution in [3.05, 3.63) is 77.3 Å². The molecule has 3 rings (SSSR count). The maximum atomic E-state index is 14.1. The monoisotopic (exact) mass is 617 g/mol. The van der Waals surface area contributed by atoms with E-state index in [9.17, 15) is 18.0 Å². The third-order valence-electron chi connectivity index (χ3n) is 6.47. The summed E-state index contributed by atoms with van der Waals surface area (Å²) in [6, 6.07) is 16.6. The zero-order valence-electron chi connectivity index (χ0n) is 24.3. The van der Waals surface area contributed by atoms with Gasteiger partial charge in [0.05, 0.1) is 31.4 Å². The van der Waals surface area contributed by atoms with Gasteiger partial charge in [-0.15, -0.1) is 0 Å². The fraction of sp³-hybridized carbons (Fsp3) is 0.333. The molecule has 0 unspecified atom stereocenters. The molecule has 0 bridgehead atoms. The Bertz CT molecular complexity index is 1480. The van der Waals surface area contributed by atoms with Gasteiger partial charge in [0, 0.05) is 24.2 Å². The molecular weight excluding hydrogens is 582 g/mol. The van der Waals surface area contributed by atoms with Crippen molar-refractivity contribution in [1.82, 2.24) is 10.2 Å². The molecule has 0 heterocycles. The Morgan fingerprint density at radius 2 is 1.62 bits per heavy atom. The molecule has 2 amide bonds. The number of nitrogens with zero attached hydrogens (tertiary/aromatic N) is 2. The molecule has 0 aliphatic heterocycles. The van der Waals surface area contributed by atoms with Gasteiger partial charge in [-0.3, -0.25) is 13.9 Å². The second-order valence-electron chi connectivity index (χ2n) is 9.14. The molecule has 0 aliphatic carbocycles. The molecule has 1 N–H and O–H groups in total. The van der Waals surface area contributed by atoms with E-state index >= 15 is 0 Å². The van der Waals surface area contributed by atoms with Crippen LogP contribution in [0.4, 0.5) is 5.69 Å². The lowest BCUT2D eigenvalue weighted by atomic mass is 10.1. The summed E-state index contributed by atoms with van der Waals surface area (Å²) in [5.41, 5.74) is 0.837. The van der Waals surface area contributed by atoms with Crippen LogP contribution in [-0.2, 0) is 26.2 Å². The number of amides is 2. The van der Waals surface area contributed by atoms with E-state index in [-0.39, 0.29) is 28.8 Å². The molecule has 10 nitrogen and oxygen atoms in total. The number of benzene rings is 3. The van der Waals surface area contributed by atoms with E-state index in [1.807, 2.05) is 6.92 Å². The summed E-state index contributed by atoms with van der Waals surface area (Å²) in [4.78, 5) is 28.1. The van der Waals surface area contributed by atoms with E-state index in [0.29, 0.717) is 35.2 Å². The van der Waals surface area contributed by atoms with E-state index in [0.717, 1.165) is 4.31 Å². The van der Waals surface area contributed by atoms with Crippen LogP contribution in [0.1, 0.15) is 26.3 Å². The highest BCUT2D eigenvalue weighted by Gasteiger charge is 2.33. The largest absolute Gasteiger partial charge is 0.494 e. The number of likely N-dealkylation sites (N-methyl/N-ethyl adjacent to an activating group) is 1. The number of halogens is 1. The molecule has 3 aromatic carbocycles. The number of sulfonamides is 1. The Morgan fingerprint density at radius 1 is 0.952 bits per heavy atom. The van der Waals surface area contributed by atoms with Crippen molar-refractivity contribution in [2.45, 2.75) is 38.3 Å². The Hall–Kier alpha value is -3.96. The molecule has 12 heteroatoms. The normalized spacial score (nSPS) is 11.8. The molecule has 0 spiro atoms. The average molecular weight is 618 g/mol. The predicted octanol–water partition coefficient (Wildman–Crippen LogP) is 4.50. The van der Waals surface area contributed by atoms with E-state index < -0.39 is 28.5 Å². The number of hydrogen-bond acceptors (Lipinski definition) is 7. The first kappa shape index (κ1) is 32.6. The van der Waals surface area contributed by atoms with Gasteiger partial charge < -0.3 is 24.4 Å². The molecule has 0 saturated carbocycles. The van der Waals surface area contributed by atoms with Crippen LogP contribution in [0.15, 0.2) is 71.6 Å². The molecule has 3 aromatic rings. The summed E-state index contributed by atoms with van der Waals surface area (Å²) >= 11 is 6.39. The van der Waals surface area contributed by atoms with Crippen molar-refractivity contribution in [2.75, 3.05) is 38.2 Å². The molecule has 42 heavy (non-hydrogen) atoms. The van der Waals surface area contributed by atoms with Crippen LogP contribution < -0.4 is 23.8 Å². The summed E-state index contributed by atoms with van der Waals surface area (Å²) in [7, 11) is -1.47. The van der Waals surface area contributed by atoms with Crippen LogP contribution in [-0.4, -0.2) is 65.1 Å². The lowest BCUT2D eigenvalue weighted by Crippen LogP contribution is -2.51. The number of methoxy groups -OCH3 is 2. The standard InChI is InChI=1S/C30H36ClN3O7S/c1-6-32-30(36)21(3)33(19-22-10-8-9-11-26(22)31)29(35)20-34(23-12-14-24(15-13-23)41-7-2)42(37,38)25-16-17-27(39-4)28(18-25)40-5/h8-18,21H,6-7,19-20H2,1-5H3,(H,32,36)/t21-/m1/s1. The fourth-order valence-electron chi connectivity index (χ4n) is 4.22. The molecule has 0 saturated heterocycles. The third kappa shape index (κ3) is 7.65. The Labute approximate surface area is 252 Å². The number of carbonyl (C=O) groups excluding carboxylic acids is 2. The molecular formula is C30H36ClN3O7S. The minimum Gasteiger partial charge on any atom is -0.494 e. The van der Waals surface area contributed by atoms with Gasteiger partial charge in [-0.1, -0.05) is 29.8 Å². The first-order chi connectivity index (χ1) is 20.1. The predicted molar refractivity (Wildman–Crippen MR) is 162 cm³/mol. The number of hydrogen-bond donors (Lipinski definition) is 1. The minimum atomic E-state index is -4.32. The second-order valence-corrected chi connectivity index (χ2v) is 11.4. The molecule has 0 fully saturated rings. The molecule has 0 aromatic heterocycles. The molecule has 0 radical (unpaired) electrons. The van der Waals surface area contributed by atoms with Gasteiger partial charge in [-0.25, -0.2) is 8.42 Å². The number of nitrogens with one attached hydrogen (secondary N) is 1. The Morgan fingerprint density at radius 3 is 2.21 bits per heavy atom. The van der Waals surface area contributed by atoms with Gasteiger partial charge in [-0.05, 0) is 68.8 Å². The van der Waals surface area contributed by atoms with Gasteiger partial charge in [0.1, 0.15) is 18.3 Å². The first-order valence-electron chi connectivity index (χ1n) is 13.4. The second kappa shape index (κ2) is 14.8. The molecule has 1 atom stereocenters. The smallest absolute Gasteiger partial charge is 0.264 e. The zero-order chi connectivity index (χ0) is 30.9. The van der Waals surface area contributed by atoms with Gasteiger partial charge in [-0.2, -0.15) is 0 Å². The van der Waals surface area contributed by atoms with Gasteiger partial charge in [0.15, 0.2) is 11.5 Å². The van der Waals surface area contributed by atoms with Crippen LogP contribution in [0.5, 0.6) is 17.2 Å². The van der Waals surface area contributed by atoms with Crippen molar-refractivity contribution in [2.24, 2.45) is 0 Å². The fourth-order valence-corrected chi connectivity index (χ4v) is 5.85. The molecule has 226 valence electrons. The summed E-state index contributed by atoms with van der Waals surface area (Å²) < 4.78 is 45.3. The first-order valence-corrected chi connectivity index (χ1v) is 15.2. The van der Waals surface area contributed by atoms with Crippen LogP contribution >= 0.6 is 11.6 Å². The van der Waals surface area contributed by atoms with Crippen LogP contribution in [0, 0.1) is 0 Å². The van der Waals surface area contributed by atoms with Crippen molar-refractivity contribution >= 4 is 39.1 Å². The molecule has 0 aliphatic rings. The highest BCUT2D eigenvalue weighted by molar-refractivity contribution is 7.92. The summed E-state index contributed by atoms with van der Waals surface area (Å²) in [6.07, 6.45) is 0. The van der Waals surface area contributed by atoms with Gasteiger partial charge in [0.25, 0.3) is 10.0 Å². The number of ether oxygens (including phenoxy) is 3. The lowest BCUT2D eigenvalue weighted by Gasteiger charge is -2.32. The number of rotatable bonds is 14. The van der Waals surface area contributed by atoms with Crippen molar-refractivity contribution < 1.29 is 32.2 Å². The van der Waals surface area contributed by atoms with E-state index in [4.69, 9.17) is 25.8 Å². The van der Waals surface area contributed by atoms with Crippen molar-refractivity contribution in [3.63, 3.8) is 0 Å². The number of carbonyl (C=O) groups is 2. The zero-order valence-corrected chi connectivity index (χ0v) is 25.9. The highest BCUT2D eigenvalue weighted by atomic mass is 35.5. The van der Waals surface area contributed by atoms with Crippen LogP contribution in [0.2, 0.25) is 5.02 Å². The summed E-state index contributed by atoms with van der Waals surface area (Å²) in [5, 5.41) is 3.14. The maximum absolute atomic E-state index is 14.1. The minimum absolute atomic E-state index is 0.00959. The Kier molecular flexibility index (Phi) is 11.5. The lowest BCUT2D eigenvalue weighted by molar-refractivity contribution is -0.139. The van der Waals surface area contributed by atoms with E-state index in [2.05, 4.69) is 5.32 Å². The Balaban J connectivity index is 2.09. The van der Waals surface area contributed by atoms with Crippen molar-refractivity contribution in [3.8, 4) is 17.2 Å². The van der Waals surface area contributed by atoms with Crippen LogP contribution in [0.25, 0.3) is 0 Å². The van der Waals surface area contributed by atoms with Gasteiger partial charge in [0.2, 0.25) is 11.8 Å². The average Bonchev–Trinajstić information content (AvgIpc) is 2.99. The topological polar surface area (TPSA) is 114 Å².